The second-order valence-electron chi connectivity index (χ2n) is 4.90. The molecule has 0 radical (unpaired) electrons. The van der Waals surface area contributed by atoms with Gasteiger partial charge in [0.15, 0.2) is 0 Å². The zero-order chi connectivity index (χ0) is 12.4. The van der Waals surface area contributed by atoms with Crippen molar-refractivity contribution in [3.8, 4) is 0 Å². The number of benzene rings is 1. The number of rotatable bonds is 2. The number of hydrogen-bond acceptors (Lipinski definition) is 2. The topological polar surface area (TPSA) is 46.3 Å². The summed E-state index contributed by atoms with van der Waals surface area (Å²) in [7, 11) is 0. The smallest absolute Gasteiger partial charge is 0.243 e. The van der Waals surface area contributed by atoms with Crippen LogP contribution in [0.25, 0.3) is 0 Å². The molecule has 1 aliphatic rings. The molecule has 100 valence electrons. The number of nitrogens with zero attached hydrogens (tertiary/aromatic N) is 1. The molecule has 2 rings (SSSR count). The summed E-state index contributed by atoms with van der Waals surface area (Å²) >= 11 is 0. The van der Waals surface area contributed by atoms with Crippen LogP contribution in [0.3, 0.4) is 0 Å². The Morgan fingerprint density at radius 1 is 1.50 bits per heavy atom. The molecule has 0 spiro atoms. The Bertz CT molecular complexity index is 422. The number of nitrogens with two attached hydrogens (primary N) is 1. The van der Waals surface area contributed by atoms with Gasteiger partial charge in [-0.1, -0.05) is 32.0 Å². The Kier molecular flexibility index (Phi) is 5.17. The van der Waals surface area contributed by atoms with E-state index in [9.17, 15) is 4.79 Å². The fourth-order valence-corrected chi connectivity index (χ4v) is 2.38. The Balaban J connectivity index is 0.00000162. The van der Waals surface area contributed by atoms with Crippen LogP contribution in [0.5, 0.6) is 0 Å². The van der Waals surface area contributed by atoms with Gasteiger partial charge in [0, 0.05) is 12.2 Å². The van der Waals surface area contributed by atoms with Gasteiger partial charge in [0.2, 0.25) is 5.91 Å². The zero-order valence-corrected chi connectivity index (χ0v) is 11.7. The largest absolute Gasteiger partial charge is 0.320 e. The minimum absolute atomic E-state index is 0. The summed E-state index contributed by atoms with van der Waals surface area (Å²) in [5.41, 5.74) is 8.15. The molecule has 4 heteroatoms. The fourth-order valence-electron chi connectivity index (χ4n) is 2.38. The van der Waals surface area contributed by atoms with Crippen LogP contribution in [-0.4, -0.2) is 18.5 Å². The molecular weight excluding hydrogens is 248 g/mol. The number of anilines is 1. The molecule has 1 amide bonds. The van der Waals surface area contributed by atoms with E-state index in [0.29, 0.717) is 12.3 Å². The number of hydrogen-bond donors (Lipinski definition) is 1. The lowest BCUT2D eigenvalue weighted by molar-refractivity contribution is -0.120. The van der Waals surface area contributed by atoms with Gasteiger partial charge in [0.25, 0.3) is 0 Å². The lowest BCUT2D eigenvalue weighted by Gasteiger charge is -2.34. The Morgan fingerprint density at radius 2 is 2.17 bits per heavy atom. The summed E-state index contributed by atoms with van der Waals surface area (Å²) in [6.45, 7) is 4.90. The standard InChI is InChI=1S/C14H20N2O.ClH/c1-3-12(15)14(17)16-9-10(2)8-11-6-4-5-7-13(11)16;/h4-7,10,12H,3,8-9,15H2,1-2H3;1H/t10?,12-;/m0./s1. The lowest BCUT2D eigenvalue weighted by Crippen LogP contribution is -2.47. The molecule has 18 heavy (non-hydrogen) atoms. The monoisotopic (exact) mass is 268 g/mol. The number of fused-ring (bicyclic) bond motifs is 1. The maximum Gasteiger partial charge on any atom is 0.243 e. The third-order valence-corrected chi connectivity index (χ3v) is 3.37. The van der Waals surface area contributed by atoms with Gasteiger partial charge in [-0.3, -0.25) is 4.79 Å². The summed E-state index contributed by atoms with van der Waals surface area (Å²) < 4.78 is 0. The molecule has 0 saturated heterocycles. The van der Waals surface area contributed by atoms with E-state index in [1.54, 1.807) is 0 Å². The number of para-hydroxylation sites is 1. The number of carbonyl (C=O) groups is 1. The Hall–Kier alpha value is -1.06. The molecule has 2 N–H and O–H groups in total. The van der Waals surface area contributed by atoms with Gasteiger partial charge in [-0.2, -0.15) is 0 Å². The normalized spacial score (nSPS) is 19.7. The summed E-state index contributed by atoms with van der Waals surface area (Å²) in [4.78, 5) is 14.1. The van der Waals surface area contributed by atoms with Crippen molar-refractivity contribution in [2.45, 2.75) is 32.7 Å². The predicted molar refractivity (Wildman–Crippen MR) is 77.2 cm³/mol. The minimum atomic E-state index is -0.381. The van der Waals surface area contributed by atoms with E-state index in [2.05, 4.69) is 13.0 Å². The molecule has 0 saturated carbocycles. The number of amides is 1. The van der Waals surface area contributed by atoms with Crippen LogP contribution >= 0.6 is 12.4 Å². The van der Waals surface area contributed by atoms with Crippen molar-refractivity contribution in [2.24, 2.45) is 11.7 Å². The highest BCUT2D eigenvalue weighted by Crippen LogP contribution is 2.29. The zero-order valence-electron chi connectivity index (χ0n) is 10.9. The van der Waals surface area contributed by atoms with Crippen LogP contribution < -0.4 is 10.6 Å². The highest BCUT2D eigenvalue weighted by molar-refractivity contribution is 5.98. The van der Waals surface area contributed by atoms with E-state index < -0.39 is 0 Å². The van der Waals surface area contributed by atoms with E-state index in [-0.39, 0.29) is 24.4 Å². The van der Waals surface area contributed by atoms with Gasteiger partial charge < -0.3 is 10.6 Å². The van der Waals surface area contributed by atoms with Gasteiger partial charge in [-0.05, 0) is 30.4 Å². The summed E-state index contributed by atoms with van der Waals surface area (Å²) in [5.74, 6) is 0.546. The number of halogens is 1. The van der Waals surface area contributed by atoms with E-state index in [0.717, 1.165) is 18.7 Å². The average molecular weight is 269 g/mol. The molecule has 2 atom stereocenters. The highest BCUT2D eigenvalue weighted by Gasteiger charge is 2.28. The van der Waals surface area contributed by atoms with Gasteiger partial charge in [0.1, 0.15) is 0 Å². The first-order valence-corrected chi connectivity index (χ1v) is 6.28. The summed E-state index contributed by atoms with van der Waals surface area (Å²) in [6, 6.07) is 7.74. The Morgan fingerprint density at radius 3 is 2.83 bits per heavy atom. The molecule has 0 aliphatic carbocycles. The lowest BCUT2D eigenvalue weighted by atomic mass is 9.93. The molecule has 0 fully saturated rings. The molecular formula is C14H21ClN2O. The molecule has 1 aromatic carbocycles. The molecule has 0 aromatic heterocycles. The van der Waals surface area contributed by atoms with Gasteiger partial charge in [0.05, 0.1) is 6.04 Å². The summed E-state index contributed by atoms with van der Waals surface area (Å²) in [6.07, 6.45) is 1.73. The second-order valence-corrected chi connectivity index (χ2v) is 4.90. The first-order valence-electron chi connectivity index (χ1n) is 6.28. The van der Waals surface area contributed by atoms with Crippen molar-refractivity contribution < 1.29 is 4.79 Å². The van der Waals surface area contributed by atoms with E-state index >= 15 is 0 Å². The van der Waals surface area contributed by atoms with Gasteiger partial charge >= 0.3 is 0 Å². The van der Waals surface area contributed by atoms with Crippen LogP contribution in [0, 0.1) is 5.92 Å². The quantitative estimate of drug-likeness (QED) is 0.895. The minimum Gasteiger partial charge on any atom is -0.320 e. The van der Waals surface area contributed by atoms with E-state index in [1.807, 2.05) is 30.0 Å². The van der Waals surface area contributed by atoms with Crippen molar-refractivity contribution in [3.63, 3.8) is 0 Å². The molecule has 1 heterocycles. The van der Waals surface area contributed by atoms with Crippen LogP contribution in [0.15, 0.2) is 24.3 Å². The Labute approximate surface area is 115 Å². The van der Waals surface area contributed by atoms with Crippen LogP contribution in [0.2, 0.25) is 0 Å². The molecule has 1 unspecified atom stereocenters. The predicted octanol–water partition coefficient (Wildman–Crippen LogP) is 2.37. The van der Waals surface area contributed by atoms with Crippen molar-refractivity contribution in [2.75, 3.05) is 11.4 Å². The van der Waals surface area contributed by atoms with Gasteiger partial charge in [-0.25, -0.2) is 0 Å². The van der Waals surface area contributed by atoms with E-state index in [1.165, 1.54) is 5.56 Å². The third kappa shape index (κ3) is 2.85. The first kappa shape index (κ1) is 15.0. The van der Waals surface area contributed by atoms with Crippen molar-refractivity contribution in [3.05, 3.63) is 29.8 Å². The fraction of sp³-hybridized carbons (Fsp3) is 0.500. The van der Waals surface area contributed by atoms with Crippen molar-refractivity contribution in [1.82, 2.24) is 0 Å². The van der Waals surface area contributed by atoms with Crippen molar-refractivity contribution in [1.29, 1.82) is 0 Å². The molecule has 0 bridgehead atoms. The maximum atomic E-state index is 12.2. The third-order valence-electron chi connectivity index (χ3n) is 3.37. The van der Waals surface area contributed by atoms with Crippen molar-refractivity contribution >= 4 is 24.0 Å². The van der Waals surface area contributed by atoms with Crippen LogP contribution in [0.1, 0.15) is 25.8 Å². The summed E-state index contributed by atoms with van der Waals surface area (Å²) in [5, 5.41) is 0. The molecule has 3 nitrogen and oxygen atoms in total. The van der Waals surface area contributed by atoms with Gasteiger partial charge in [-0.15, -0.1) is 12.4 Å². The first-order chi connectivity index (χ1) is 8.13. The van der Waals surface area contributed by atoms with Crippen LogP contribution in [0.4, 0.5) is 5.69 Å². The average Bonchev–Trinajstić information content (AvgIpc) is 2.35. The van der Waals surface area contributed by atoms with E-state index in [4.69, 9.17) is 5.73 Å². The maximum absolute atomic E-state index is 12.2. The highest BCUT2D eigenvalue weighted by atomic mass is 35.5. The second kappa shape index (κ2) is 6.21. The molecule has 1 aromatic rings. The number of carbonyl (C=O) groups excluding carboxylic acids is 1. The SMILES string of the molecule is CC[C@H](N)C(=O)N1CC(C)Cc2ccccc21.Cl. The molecule has 1 aliphatic heterocycles. The van der Waals surface area contributed by atoms with Crippen LogP contribution in [-0.2, 0) is 11.2 Å².